The molecule has 0 aromatic rings. The van der Waals surface area contributed by atoms with Gasteiger partial charge in [0.05, 0.1) is 18.1 Å². The van der Waals surface area contributed by atoms with Crippen molar-refractivity contribution in [3.8, 4) is 0 Å². The molecule has 2 fully saturated rings. The number of likely N-dealkylation sites (tertiary alicyclic amines) is 1. The normalized spacial score (nSPS) is 33.1. The predicted molar refractivity (Wildman–Crippen MR) is 66.7 cm³/mol. The number of carbonyl (C=O) groups excluding carboxylic acids is 1. The van der Waals surface area contributed by atoms with Gasteiger partial charge in [-0.1, -0.05) is 13.8 Å². The zero-order valence-corrected chi connectivity index (χ0v) is 11.1. The first kappa shape index (κ1) is 12.8. The van der Waals surface area contributed by atoms with Gasteiger partial charge in [-0.25, -0.2) is 0 Å². The van der Waals surface area contributed by atoms with Crippen LogP contribution in [0.25, 0.3) is 0 Å². The summed E-state index contributed by atoms with van der Waals surface area (Å²) in [5, 5.41) is 2.75. The Morgan fingerprint density at radius 3 is 2.88 bits per heavy atom. The summed E-state index contributed by atoms with van der Waals surface area (Å²) in [5.41, 5.74) is 0. The van der Waals surface area contributed by atoms with Gasteiger partial charge in [-0.15, -0.1) is 0 Å². The molecule has 1 N–H and O–H groups in total. The number of carbonyl (C=O) groups is 1. The van der Waals surface area contributed by atoms with Crippen molar-refractivity contribution in [2.24, 2.45) is 11.8 Å². The summed E-state index contributed by atoms with van der Waals surface area (Å²) in [6.07, 6.45) is 2.50. The Morgan fingerprint density at radius 1 is 1.47 bits per heavy atom. The molecule has 0 aromatic carbocycles. The van der Waals surface area contributed by atoms with E-state index >= 15 is 0 Å². The Kier molecular flexibility index (Phi) is 4.05. The molecule has 17 heavy (non-hydrogen) atoms. The molecule has 3 atom stereocenters. The third-order valence-electron chi connectivity index (χ3n) is 3.84. The fraction of sp³-hybridized carbons (Fsp3) is 0.923. The number of hydrogen-bond acceptors (Lipinski definition) is 3. The minimum atomic E-state index is 0.0639. The molecular formula is C13H24N2O2. The first-order valence-corrected chi connectivity index (χ1v) is 6.69. The highest BCUT2D eigenvalue weighted by Gasteiger charge is 2.44. The summed E-state index contributed by atoms with van der Waals surface area (Å²) >= 11 is 0. The Labute approximate surface area is 104 Å². The quantitative estimate of drug-likeness (QED) is 0.793. The summed E-state index contributed by atoms with van der Waals surface area (Å²) in [4.78, 5) is 14.2. The van der Waals surface area contributed by atoms with Gasteiger partial charge in [0.1, 0.15) is 0 Å². The van der Waals surface area contributed by atoms with Crippen molar-refractivity contribution < 1.29 is 9.53 Å². The molecule has 2 aliphatic rings. The summed E-state index contributed by atoms with van der Waals surface area (Å²) in [5.74, 6) is 0.947. The standard InChI is InChI=1S/C13H24N2O2/c1-9(2)4-5-15-7-10-6-11(13(16)14-3)12(8-15)17-10/h9-12H,4-8H2,1-3H3,(H,14,16)/t10-,11-,12+/m0/s1. The maximum Gasteiger partial charge on any atom is 0.225 e. The lowest BCUT2D eigenvalue weighted by Gasteiger charge is -2.33. The lowest BCUT2D eigenvalue weighted by atomic mass is 10.00. The second-order valence-electron chi connectivity index (χ2n) is 5.70. The Hall–Kier alpha value is -0.610. The van der Waals surface area contributed by atoms with Gasteiger partial charge in [0.15, 0.2) is 0 Å². The van der Waals surface area contributed by atoms with Gasteiger partial charge in [-0.2, -0.15) is 0 Å². The number of ether oxygens (including phenoxy) is 1. The smallest absolute Gasteiger partial charge is 0.225 e. The van der Waals surface area contributed by atoms with Crippen molar-refractivity contribution in [3.63, 3.8) is 0 Å². The molecule has 2 aliphatic heterocycles. The number of nitrogens with zero attached hydrogens (tertiary/aromatic N) is 1. The van der Waals surface area contributed by atoms with Crippen LogP contribution in [0, 0.1) is 11.8 Å². The number of rotatable bonds is 4. The lowest BCUT2D eigenvalue weighted by Crippen LogP contribution is -2.45. The molecule has 98 valence electrons. The lowest BCUT2D eigenvalue weighted by molar-refractivity contribution is -0.127. The van der Waals surface area contributed by atoms with Crippen LogP contribution in [-0.4, -0.2) is 49.7 Å². The average molecular weight is 240 g/mol. The van der Waals surface area contributed by atoms with Crippen molar-refractivity contribution in [1.29, 1.82) is 0 Å². The van der Waals surface area contributed by atoms with E-state index in [9.17, 15) is 4.79 Å². The van der Waals surface area contributed by atoms with Crippen molar-refractivity contribution in [2.75, 3.05) is 26.7 Å². The molecule has 0 saturated carbocycles. The summed E-state index contributed by atoms with van der Waals surface area (Å²) in [6, 6.07) is 0. The third kappa shape index (κ3) is 2.99. The Balaban J connectivity index is 1.88. The Bertz CT molecular complexity index is 281. The molecule has 0 radical (unpaired) electrons. The summed E-state index contributed by atoms with van der Waals surface area (Å²) in [6.45, 7) is 7.55. The highest BCUT2D eigenvalue weighted by Crippen LogP contribution is 2.32. The maximum atomic E-state index is 11.7. The predicted octanol–water partition coefficient (Wildman–Crippen LogP) is 0.868. The molecule has 4 nitrogen and oxygen atoms in total. The van der Waals surface area contributed by atoms with Gasteiger partial charge < -0.3 is 10.1 Å². The molecule has 0 unspecified atom stereocenters. The monoisotopic (exact) mass is 240 g/mol. The number of fused-ring (bicyclic) bond motifs is 2. The third-order valence-corrected chi connectivity index (χ3v) is 3.84. The fourth-order valence-electron chi connectivity index (χ4n) is 2.82. The molecule has 2 saturated heterocycles. The van der Waals surface area contributed by atoms with Crippen LogP contribution in [0.5, 0.6) is 0 Å². The zero-order chi connectivity index (χ0) is 12.4. The molecule has 1 amide bonds. The van der Waals surface area contributed by atoms with Crippen LogP contribution in [0.2, 0.25) is 0 Å². The van der Waals surface area contributed by atoms with E-state index in [4.69, 9.17) is 4.74 Å². The van der Waals surface area contributed by atoms with Crippen LogP contribution in [0.15, 0.2) is 0 Å². The van der Waals surface area contributed by atoms with Crippen molar-refractivity contribution in [3.05, 3.63) is 0 Å². The van der Waals surface area contributed by atoms with Gasteiger partial charge >= 0.3 is 0 Å². The summed E-state index contributed by atoms with van der Waals surface area (Å²) in [7, 11) is 1.71. The largest absolute Gasteiger partial charge is 0.371 e. The highest BCUT2D eigenvalue weighted by molar-refractivity contribution is 5.79. The molecule has 0 aliphatic carbocycles. The fourth-order valence-corrected chi connectivity index (χ4v) is 2.82. The van der Waals surface area contributed by atoms with E-state index < -0.39 is 0 Å². The van der Waals surface area contributed by atoms with Crippen molar-refractivity contribution in [2.45, 2.75) is 38.9 Å². The molecule has 4 heteroatoms. The number of morpholine rings is 1. The molecule has 0 spiro atoms. The van der Waals surface area contributed by atoms with Crippen molar-refractivity contribution >= 4 is 5.91 Å². The van der Waals surface area contributed by atoms with Gasteiger partial charge in [0, 0.05) is 20.1 Å². The topological polar surface area (TPSA) is 41.6 Å². The van der Waals surface area contributed by atoms with E-state index in [2.05, 4.69) is 24.1 Å². The van der Waals surface area contributed by atoms with E-state index in [1.807, 2.05) is 0 Å². The molecule has 0 aromatic heterocycles. The van der Waals surface area contributed by atoms with Crippen LogP contribution in [0.4, 0.5) is 0 Å². The summed E-state index contributed by atoms with van der Waals surface area (Å²) < 4.78 is 5.87. The molecular weight excluding hydrogens is 216 g/mol. The first-order valence-electron chi connectivity index (χ1n) is 6.69. The average Bonchev–Trinajstić information content (AvgIpc) is 2.61. The van der Waals surface area contributed by atoms with E-state index in [1.165, 1.54) is 6.42 Å². The Morgan fingerprint density at radius 2 is 2.24 bits per heavy atom. The number of amides is 1. The molecule has 2 bridgehead atoms. The highest BCUT2D eigenvalue weighted by atomic mass is 16.5. The first-order chi connectivity index (χ1) is 8.10. The van der Waals surface area contributed by atoms with E-state index in [0.29, 0.717) is 0 Å². The van der Waals surface area contributed by atoms with Gasteiger partial charge in [0.2, 0.25) is 5.91 Å². The van der Waals surface area contributed by atoms with E-state index in [1.54, 1.807) is 7.05 Å². The minimum Gasteiger partial charge on any atom is -0.371 e. The van der Waals surface area contributed by atoms with Gasteiger partial charge in [0.25, 0.3) is 0 Å². The minimum absolute atomic E-state index is 0.0639. The van der Waals surface area contributed by atoms with Crippen molar-refractivity contribution in [1.82, 2.24) is 10.2 Å². The second kappa shape index (κ2) is 5.36. The maximum absolute atomic E-state index is 11.7. The SMILES string of the molecule is CNC(=O)[C@H]1C[C@H]2CN(CCC(C)C)C[C@H]1O2. The number of hydrogen-bond donors (Lipinski definition) is 1. The van der Waals surface area contributed by atoms with Crippen LogP contribution in [0.1, 0.15) is 26.7 Å². The number of nitrogens with one attached hydrogen (secondary N) is 1. The zero-order valence-electron chi connectivity index (χ0n) is 11.1. The van der Waals surface area contributed by atoms with Gasteiger partial charge in [-0.05, 0) is 25.3 Å². The molecule has 2 rings (SSSR count). The van der Waals surface area contributed by atoms with Crippen LogP contribution in [0.3, 0.4) is 0 Å². The van der Waals surface area contributed by atoms with Crippen LogP contribution >= 0.6 is 0 Å². The van der Waals surface area contributed by atoms with Crippen LogP contribution in [-0.2, 0) is 9.53 Å². The van der Waals surface area contributed by atoms with Gasteiger partial charge in [-0.3, -0.25) is 9.69 Å². The molecule has 2 heterocycles. The van der Waals surface area contributed by atoms with Crippen LogP contribution < -0.4 is 5.32 Å². The second-order valence-corrected chi connectivity index (χ2v) is 5.70. The van der Waals surface area contributed by atoms with E-state index in [0.717, 1.165) is 32.0 Å². The van der Waals surface area contributed by atoms with E-state index in [-0.39, 0.29) is 24.0 Å².